The highest BCUT2D eigenvalue weighted by Gasteiger charge is 1.96. The molecule has 1 rings (SSSR count). The molecular formula is C11H15BrN2S. The quantitative estimate of drug-likeness (QED) is 0.512. The molecule has 0 amide bonds. The summed E-state index contributed by atoms with van der Waals surface area (Å²) in [6, 6.07) is 8.20. The molecule has 2 nitrogen and oxygen atoms in total. The van der Waals surface area contributed by atoms with Crippen LogP contribution >= 0.6 is 27.7 Å². The maximum atomic E-state index is 5.76. The van der Waals surface area contributed by atoms with Crippen molar-refractivity contribution in [3.8, 4) is 0 Å². The number of halogens is 1. The van der Waals surface area contributed by atoms with Crippen molar-refractivity contribution in [3.63, 3.8) is 0 Å². The Morgan fingerprint density at radius 1 is 1.40 bits per heavy atom. The minimum Gasteiger partial charge on any atom is -0.387 e. The van der Waals surface area contributed by atoms with Gasteiger partial charge < -0.3 is 5.73 Å². The van der Waals surface area contributed by atoms with Crippen molar-refractivity contribution in [2.24, 2.45) is 10.7 Å². The van der Waals surface area contributed by atoms with E-state index in [0.29, 0.717) is 0 Å². The number of amidine groups is 1. The lowest BCUT2D eigenvalue weighted by Crippen LogP contribution is -2.15. The Hall–Kier alpha value is -0.480. The van der Waals surface area contributed by atoms with Gasteiger partial charge in [-0.15, -0.1) is 11.8 Å². The van der Waals surface area contributed by atoms with Gasteiger partial charge in [-0.3, -0.25) is 4.99 Å². The van der Waals surface area contributed by atoms with Gasteiger partial charge in [-0.1, -0.05) is 22.9 Å². The van der Waals surface area contributed by atoms with Crippen molar-refractivity contribution >= 4 is 33.5 Å². The van der Waals surface area contributed by atoms with Crippen LogP contribution in [-0.4, -0.2) is 18.1 Å². The standard InChI is InChI=1S/C11H15BrN2S/c1-2-7-14-11(13)8-15-10-5-3-9(12)4-6-10/h3-6H,2,7-8H2,1H3,(H2,13,14). The lowest BCUT2D eigenvalue weighted by molar-refractivity contribution is 0.929. The highest BCUT2D eigenvalue weighted by molar-refractivity contribution is 9.10. The van der Waals surface area contributed by atoms with Gasteiger partial charge in [-0.25, -0.2) is 0 Å². The maximum absolute atomic E-state index is 5.76. The van der Waals surface area contributed by atoms with Gasteiger partial charge >= 0.3 is 0 Å². The van der Waals surface area contributed by atoms with Crippen LogP contribution < -0.4 is 5.73 Å². The molecule has 0 atom stereocenters. The molecule has 0 radical (unpaired) electrons. The lowest BCUT2D eigenvalue weighted by atomic mass is 10.4. The molecule has 1 aromatic carbocycles. The number of benzene rings is 1. The number of rotatable bonds is 5. The second kappa shape index (κ2) is 6.90. The molecule has 1 aromatic rings. The summed E-state index contributed by atoms with van der Waals surface area (Å²) in [7, 11) is 0. The first kappa shape index (κ1) is 12.6. The van der Waals surface area contributed by atoms with Crippen molar-refractivity contribution in [3.05, 3.63) is 28.7 Å². The first-order chi connectivity index (χ1) is 7.22. The van der Waals surface area contributed by atoms with Gasteiger partial charge in [0.05, 0.1) is 5.75 Å². The van der Waals surface area contributed by atoms with Crippen molar-refractivity contribution in [1.29, 1.82) is 0 Å². The maximum Gasteiger partial charge on any atom is 0.104 e. The number of hydrogen-bond acceptors (Lipinski definition) is 2. The Morgan fingerprint density at radius 2 is 2.07 bits per heavy atom. The summed E-state index contributed by atoms with van der Waals surface area (Å²) in [4.78, 5) is 5.46. The fourth-order valence-electron chi connectivity index (χ4n) is 0.989. The van der Waals surface area contributed by atoms with E-state index in [1.54, 1.807) is 11.8 Å². The average Bonchev–Trinajstić information content (AvgIpc) is 2.25. The fraction of sp³-hybridized carbons (Fsp3) is 0.364. The van der Waals surface area contributed by atoms with Gasteiger partial charge in [0.2, 0.25) is 0 Å². The van der Waals surface area contributed by atoms with Gasteiger partial charge in [0, 0.05) is 15.9 Å². The van der Waals surface area contributed by atoms with Gasteiger partial charge in [-0.05, 0) is 30.7 Å². The van der Waals surface area contributed by atoms with E-state index in [-0.39, 0.29) is 0 Å². The molecule has 0 unspecified atom stereocenters. The molecule has 15 heavy (non-hydrogen) atoms. The lowest BCUT2D eigenvalue weighted by Gasteiger charge is -2.01. The molecule has 0 aliphatic carbocycles. The van der Waals surface area contributed by atoms with E-state index in [9.17, 15) is 0 Å². The molecule has 82 valence electrons. The number of nitrogens with zero attached hydrogens (tertiary/aromatic N) is 1. The van der Waals surface area contributed by atoms with E-state index in [2.05, 4.69) is 40.0 Å². The van der Waals surface area contributed by atoms with Gasteiger partial charge in [0.25, 0.3) is 0 Å². The van der Waals surface area contributed by atoms with Crippen LogP contribution in [-0.2, 0) is 0 Å². The highest BCUT2D eigenvalue weighted by Crippen LogP contribution is 2.20. The zero-order chi connectivity index (χ0) is 11.1. The van der Waals surface area contributed by atoms with E-state index >= 15 is 0 Å². The molecule has 0 spiro atoms. The molecule has 0 saturated carbocycles. The normalized spacial score (nSPS) is 11.7. The van der Waals surface area contributed by atoms with Crippen molar-refractivity contribution < 1.29 is 0 Å². The summed E-state index contributed by atoms with van der Waals surface area (Å²) < 4.78 is 1.10. The minimum absolute atomic E-state index is 0.727. The second-order valence-electron chi connectivity index (χ2n) is 3.12. The molecule has 2 N–H and O–H groups in total. The van der Waals surface area contributed by atoms with Crippen LogP contribution in [0.4, 0.5) is 0 Å². The number of thioether (sulfide) groups is 1. The molecular weight excluding hydrogens is 272 g/mol. The van der Waals surface area contributed by atoms with Crippen LogP contribution in [0.2, 0.25) is 0 Å². The molecule has 0 aliphatic rings. The van der Waals surface area contributed by atoms with Crippen LogP contribution in [0.3, 0.4) is 0 Å². The molecule has 0 bridgehead atoms. The summed E-state index contributed by atoms with van der Waals surface area (Å²) in [5, 5.41) is 0. The first-order valence-electron chi connectivity index (χ1n) is 4.89. The number of nitrogens with two attached hydrogens (primary N) is 1. The van der Waals surface area contributed by atoms with E-state index in [4.69, 9.17) is 5.73 Å². The van der Waals surface area contributed by atoms with Crippen LogP contribution in [0, 0.1) is 0 Å². The Labute approximate surface area is 103 Å². The molecule has 0 aliphatic heterocycles. The third-order valence-electron chi connectivity index (χ3n) is 1.74. The van der Waals surface area contributed by atoms with Gasteiger partial charge in [0.15, 0.2) is 0 Å². The predicted molar refractivity (Wildman–Crippen MR) is 71.6 cm³/mol. The molecule has 0 saturated heterocycles. The zero-order valence-electron chi connectivity index (χ0n) is 8.74. The van der Waals surface area contributed by atoms with Gasteiger partial charge in [0.1, 0.15) is 5.84 Å². The largest absolute Gasteiger partial charge is 0.387 e. The topological polar surface area (TPSA) is 38.4 Å². The summed E-state index contributed by atoms with van der Waals surface area (Å²) in [5.41, 5.74) is 5.76. The fourth-order valence-corrected chi connectivity index (χ4v) is 1.99. The van der Waals surface area contributed by atoms with E-state index in [1.165, 1.54) is 4.90 Å². The third kappa shape index (κ3) is 5.23. The van der Waals surface area contributed by atoms with E-state index in [0.717, 1.165) is 29.0 Å². The van der Waals surface area contributed by atoms with E-state index in [1.807, 2.05) is 12.1 Å². The summed E-state index contributed by atoms with van der Waals surface area (Å²) in [6.07, 6.45) is 1.05. The summed E-state index contributed by atoms with van der Waals surface area (Å²) >= 11 is 5.11. The SMILES string of the molecule is CCCN=C(N)CSc1ccc(Br)cc1. The molecule has 4 heteroatoms. The van der Waals surface area contributed by atoms with Crippen molar-refractivity contribution in [1.82, 2.24) is 0 Å². The minimum atomic E-state index is 0.727. The van der Waals surface area contributed by atoms with Crippen LogP contribution in [0.25, 0.3) is 0 Å². The molecule has 0 fully saturated rings. The van der Waals surface area contributed by atoms with Crippen molar-refractivity contribution in [2.45, 2.75) is 18.2 Å². The molecule has 0 heterocycles. The Kier molecular flexibility index (Phi) is 5.79. The van der Waals surface area contributed by atoms with Crippen LogP contribution in [0.15, 0.2) is 38.6 Å². The van der Waals surface area contributed by atoms with Gasteiger partial charge in [-0.2, -0.15) is 0 Å². The summed E-state index contributed by atoms with van der Waals surface area (Å²) in [5.74, 6) is 1.49. The number of hydrogen-bond donors (Lipinski definition) is 1. The Balaban J connectivity index is 2.40. The van der Waals surface area contributed by atoms with Crippen LogP contribution in [0.5, 0.6) is 0 Å². The molecule has 0 aromatic heterocycles. The Bertz CT molecular complexity index is 322. The first-order valence-corrected chi connectivity index (χ1v) is 6.67. The zero-order valence-corrected chi connectivity index (χ0v) is 11.1. The smallest absolute Gasteiger partial charge is 0.104 e. The third-order valence-corrected chi connectivity index (χ3v) is 3.31. The monoisotopic (exact) mass is 286 g/mol. The van der Waals surface area contributed by atoms with Crippen molar-refractivity contribution in [2.75, 3.05) is 12.3 Å². The second-order valence-corrected chi connectivity index (χ2v) is 5.08. The number of aliphatic imine (C=N–C) groups is 1. The predicted octanol–water partition coefficient (Wildman–Crippen LogP) is 3.31. The highest BCUT2D eigenvalue weighted by atomic mass is 79.9. The summed E-state index contributed by atoms with van der Waals surface area (Å²) in [6.45, 7) is 2.92. The Morgan fingerprint density at radius 3 is 2.67 bits per heavy atom. The van der Waals surface area contributed by atoms with Crippen LogP contribution in [0.1, 0.15) is 13.3 Å². The van der Waals surface area contributed by atoms with E-state index < -0.39 is 0 Å². The average molecular weight is 287 g/mol.